The number of fused-ring (bicyclic) bond motifs is 6. The maximum atomic E-state index is 13.9. The third-order valence-electron chi connectivity index (χ3n) is 7.68. The molecular weight excluding hydrogens is 432 g/mol. The molecule has 2 heterocycles. The van der Waals surface area contributed by atoms with Crippen molar-refractivity contribution in [3.8, 4) is 0 Å². The van der Waals surface area contributed by atoms with Gasteiger partial charge in [0.2, 0.25) is 11.8 Å². The molecule has 0 radical (unpaired) electrons. The molecule has 4 heteroatoms. The number of nitrogens with zero attached hydrogens (tertiary/aromatic N) is 2. The molecule has 2 bridgehead atoms. The van der Waals surface area contributed by atoms with E-state index < -0.39 is 0 Å². The van der Waals surface area contributed by atoms with Crippen LogP contribution in [0, 0.1) is 23.7 Å². The number of anilines is 1. The van der Waals surface area contributed by atoms with Crippen LogP contribution in [-0.2, 0) is 9.59 Å². The van der Waals surface area contributed by atoms with Gasteiger partial charge in [0, 0.05) is 23.4 Å². The predicted molar refractivity (Wildman–Crippen MR) is 136 cm³/mol. The third kappa shape index (κ3) is 2.83. The van der Waals surface area contributed by atoms with Gasteiger partial charge in [-0.3, -0.25) is 14.6 Å². The lowest BCUT2D eigenvalue weighted by Gasteiger charge is -2.22. The van der Waals surface area contributed by atoms with Crippen molar-refractivity contribution in [2.24, 2.45) is 23.7 Å². The molecule has 3 aromatic carbocycles. The standard InChI is InChI=1S/C31H22N2O2/c34-30-27-22-16-17-23(26(22)25(19-9-3-1-4-10-19)20-11-5-2-6-12-20)28(27)31(35)33(30)24-15-7-13-21-14-8-18-32-29(21)24/h1-18,22-23,27-28H/t22-,23-,27+,28+/m0/s1. The van der Waals surface area contributed by atoms with Crippen LogP contribution in [0.3, 0.4) is 0 Å². The third-order valence-corrected chi connectivity index (χ3v) is 7.68. The SMILES string of the molecule is O=C1[C@H]2[C@H](C(=O)N1c1cccc3cccnc13)[C@H]1C=C[C@H]2C1=C(c1ccccc1)c1ccccc1. The number of benzene rings is 3. The number of rotatable bonds is 3. The lowest BCUT2D eigenvalue weighted by atomic mass is 9.85. The molecule has 7 rings (SSSR count). The van der Waals surface area contributed by atoms with E-state index in [0.717, 1.165) is 22.1 Å². The van der Waals surface area contributed by atoms with E-state index in [1.807, 2.05) is 66.7 Å². The van der Waals surface area contributed by atoms with E-state index in [0.29, 0.717) is 11.2 Å². The van der Waals surface area contributed by atoms with Crippen molar-refractivity contribution in [1.82, 2.24) is 4.98 Å². The average molecular weight is 455 g/mol. The lowest BCUT2D eigenvalue weighted by Crippen LogP contribution is -2.33. The van der Waals surface area contributed by atoms with Crippen LogP contribution in [0.25, 0.3) is 16.5 Å². The lowest BCUT2D eigenvalue weighted by molar-refractivity contribution is -0.122. The topological polar surface area (TPSA) is 50.3 Å². The number of carbonyl (C=O) groups excluding carboxylic acids is 2. The van der Waals surface area contributed by atoms with Crippen molar-refractivity contribution in [2.45, 2.75) is 0 Å². The molecule has 2 aliphatic carbocycles. The van der Waals surface area contributed by atoms with Crippen molar-refractivity contribution in [3.63, 3.8) is 0 Å². The molecule has 0 N–H and O–H groups in total. The van der Waals surface area contributed by atoms with Gasteiger partial charge in [0.05, 0.1) is 23.0 Å². The zero-order valence-corrected chi connectivity index (χ0v) is 18.9. The summed E-state index contributed by atoms with van der Waals surface area (Å²) in [6, 6.07) is 30.1. The number of imide groups is 1. The molecule has 0 unspecified atom stereocenters. The van der Waals surface area contributed by atoms with Crippen LogP contribution < -0.4 is 4.90 Å². The van der Waals surface area contributed by atoms with Gasteiger partial charge < -0.3 is 0 Å². The van der Waals surface area contributed by atoms with Gasteiger partial charge in [-0.05, 0) is 34.4 Å². The van der Waals surface area contributed by atoms with E-state index in [4.69, 9.17) is 0 Å². The maximum absolute atomic E-state index is 13.9. The van der Waals surface area contributed by atoms with Gasteiger partial charge >= 0.3 is 0 Å². The highest BCUT2D eigenvalue weighted by atomic mass is 16.2. The molecule has 4 aromatic rings. The van der Waals surface area contributed by atoms with E-state index in [-0.39, 0.29) is 35.5 Å². The van der Waals surface area contributed by atoms with Crippen LogP contribution in [-0.4, -0.2) is 16.8 Å². The Bertz CT molecular complexity index is 1470. The first kappa shape index (κ1) is 20.1. The van der Waals surface area contributed by atoms with Crippen molar-refractivity contribution in [1.29, 1.82) is 0 Å². The van der Waals surface area contributed by atoms with Crippen molar-refractivity contribution in [3.05, 3.63) is 126 Å². The summed E-state index contributed by atoms with van der Waals surface area (Å²) in [6.07, 6.45) is 5.99. The van der Waals surface area contributed by atoms with Crippen LogP contribution >= 0.6 is 0 Å². The molecule has 168 valence electrons. The number of amides is 2. The monoisotopic (exact) mass is 454 g/mol. The normalized spacial score (nSPS) is 24.5. The molecule has 4 atom stereocenters. The Kier molecular flexibility index (Phi) is 4.37. The summed E-state index contributed by atoms with van der Waals surface area (Å²) in [5.74, 6) is -1.18. The molecule has 2 amide bonds. The van der Waals surface area contributed by atoms with Gasteiger partial charge in [-0.1, -0.05) is 91.0 Å². The summed E-state index contributed by atoms with van der Waals surface area (Å²) in [7, 11) is 0. The molecule has 2 fully saturated rings. The molecule has 1 aliphatic heterocycles. The molecule has 35 heavy (non-hydrogen) atoms. The fourth-order valence-electron chi connectivity index (χ4n) is 6.31. The molecule has 1 saturated heterocycles. The number of hydrogen-bond acceptors (Lipinski definition) is 3. The number of aromatic nitrogens is 1. The first-order chi connectivity index (χ1) is 17.2. The summed E-state index contributed by atoms with van der Waals surface area (Å²) in [5.41, 5.74) is 5.82. The first-order valence-corrected chi connectivity index (χ1v) is 12.0. The minimum Gasteiger partial charge on any atom is -0.274 e. The van der Waals surface area contributed by atoms with Crippen LogP contribution in [0.1, 0.15) is 11.1 Å². The zero-order valence-electron chi connectivity index (χ0n) is 18.9. The second kappa shape index (κ2) is 7.60. The number of hydrogen-bond donors (Lipinski definition) is 0. The van der Waals surface area contributed by atoms with Gasteiger partial charge in [-0.2, -0.15) is 0 Å². The maximum Gasteiger partial charge on any atom is 0.238 e. The van der Waals surface area contributed by atoms with E-state index >= 15 is 0 Å². The van der Waals surface area contributed by atoms with Crippen LogP contribution in [0.15, 0.2) is 115 Å². The van der Waals surface area contributed by atoms with Gasteiger partial charge in [0.25, 0.3) is 0 Å². The fraction of sp³-hybridized carbons (Fsp3) is 0.129. The van der Waals surface area contributed by atoms with Crippen LogP contribution in [0.2, 0.25) is 0 Å². The predicted octanol–water partition coefficient (Wildman–Crippen LogP) is 5.66. The molecule has 3 aliphatic rings. The minimum absolute atomic E-state index is 0.0928. The minimum atomic E-state index is -0.381. The van der Waals surface area contributed by atoms with Gasteiger partial charge in [0.15, 0.2) is 0 Å². The molecule has 0 spiro atoms. The fourth-order valence-corrected chi connectivity index (χ4v) is 6.31. The first-order valence-electron chi connectivity index (χ1n) is 12.0. The van der Waals surface area contributed by atoms with Gasteiger partial charge in [0.1, 0.15) is 0 Å². The van der Waals surface area contributed by atoms with Crippen LogP contribution in [0.5, 0.6) is 0 Å². The largest absolute Gasteiger partial charge is 0.274 e. The van der Waals surface area contributed by atoms with Gasteiger partial charge in [-0.25, -0.2) is 4.90 Å². The molecular formula is C31H22N2O2. The summed E-state index contributed by atoms with van der Waals surface area (Å²) in [5, 5.41) is 0.916. The number of carbonyl (C=O) groups is 2. The highest BCUT2D eigenvalue weighted by Crippen LogP contribution is 2.59. The second-order valence-electron chi connectivity index (χ2n) is 9.41. The quantitative estimate of drug-likeness (QED) is 0.297. The molecule has 1 aromatic heterocycles. The summed E-state index contributed by atoms with van der Waals surface area (Å²) >= 11 is 0. The van der Waals surface area contributed by atoms with Crippen molar-refractivity contribution < 1.29 is 9.59 Å². The van der Waals surface area contributed by atoms with E-state index in [9.17, 15) is 9.59 Å². The number of allylic oxidation sites excluding steroid dienone is 3. The summed E-state index contributed by atoms with van der Waals surface area (Å²) in [4.78, 5) is 33.7. The van der Waals surface area contributed by atoms with Crippen molar-refractivity contribution in [2.75, 3.05) is 4.90 Å². The summed E-state index contributed by atoms with van der Waals surface area (Å²) < 4.78 is 0. The Hall–Kier alpha value is -4.31. The zero-order chi connectivity index (χ0) is 23.5. The van der Waals surface area contributed by atoms with E-state index in [1.54, 1.807) is 6.20 Å². The molecule has 4 nitrogen and oxygen atoms in total. The highest BCUT2D eigenvalue weighted by molar-refractivity contribution is 6.25. The highest BCUT2D eigenvalue weighted by Gasteiger charge is 2.62. The van der Waals surface area contributed by atoms with Gasteiger partial charge in [-0.15, -0.1) is 0 Å². The van der Waals surface area contributed by atoms with Crippen molar-refractivity contribution >= 4 is 34.0 Å². The average Bonchev–Trinajstić information content (AvgIpc) is 3.54. The number of pyridine rings is 1. The Balaban J connectivity index is 1.38. The summed E-state index contributed by atoms with van der Waals surface area (Å²) in [6.45, 7) is 0. The smallest absolute Gasteiger partial charge is 0.238 e. The Labute approximate surface area is 203 Å². The van der Waals surface area contributed by atoms with Crippen LogP contribution in [0.4, 0.5) is 5.69 Å². The molecule has 1 saturated carbocycles. The number of para-hydroxylation sites is 1. The Morgan fingerprint density at radius 3 is 1.83 bits per heavy atom. The van der Waals surface area contributed by atoms with E-state index in [2.05, 4.69) is 41.4 Å². The Morgan fingerprint density at radius 1 is 0.657 bits per heavy atom. The second-order valence-corrected chi connectivity index (χ2v) is 9.41. The Morgan fingerprint density at radius 2 is 1.23 bits per heavy atom. The van der Waals surface area contributed by atoms with E-state index in [1.165, 1.54) is 10.5 Å².